The predicted molar refractivity (Wildman–Crippen MR) is 71.9 cm³/mol. The van der Waals surface area contributed by atoms with Gasteiger partial charge in [0.2, 0.25) is 10.0 Å². The van der Waals surface area contributed by atoms with E-state index < -0.39 is 10.0 Å². The zero-order valence-corrected chi connectivity index (χ0v) is 11.8. The van der Waals surface area contributed by atoms with E-state index in [1.807, 2.05) is 20.8 Å². The third-order valence-corrected chi connectivity index (χ3v) is 3.84. The second-order valence-electron chi connectivity index (χ2n) is 4.36. The number of anilines is 1. The molecule has 0 heterocycles. The first kappa shape index (κ1) is 14.9. The van der Waals surface area contributed by atoms with Crippen molar-refractivity contribution in [2.45, 2.75) is 31.8 Å². The molecule has 102 valence electrons. The van der Waals surface area contributed by atoms with Crippen molar-refractivity contribution in [3.8, 4) is 0 Å². The lowest BCUT2D eigenvalue weighted by Crippen LogP contribution is -2.28. The molecule has 5 nitrogen and oxygen atoms in total. The SMILES string of the molecule is Cc1ccc(S(=O)(=O)NCCOC(C)C)c(N)c1. The summed E-state index contributed by atoms with van der Waals surface area (Å²) in [4.78, 5) is 0.109. The Hall–Kier alpha value is -1.11. The minimum atomic E-state index is -3.56. The zero-order chi connectivity index (χ0) is 13.8. The van der Waals surface area contributed by atoms with E-state index in [9.17, 15) is 8.42 Å². The Balaban J connectivity index is 2.69. The number of hydrogen-bond donors (Lipinski definition) is 2. The van der Waals surface area contributed by atoms with Crippen LogP contribution in [0, 0.1) is 6.92 Å². The maximum absolute atomic E-state index is 12.0. The Morgan fingerprint density at radius 1 is 1.39 bits per heavy atom. The fraction of sp³-hybridized carbons (Fsp3) is 0.500. The number of benzene rings is 1. The zero-order valence-electron chi connectivity index (χ0n) is 10.9. The summed E-state index contributed by atoms with van der Waals surface area (Å²) in [6, 6.07) is 4.87. The highest BCUT2D eigenvalue weighted by atomic mass is 32.2. The molecule has 1 rings (SSSR count). The van der Waals surface area contributed by atoms with Crippen LogP contribution in [0.5, 0.6) is 0 Å². The van der Waals surface area contributed by atoms with E-state index in [4.69, 9.17) is 10.5 Å². The van der Waals surface area contributed by atoms with Crippen molar-refractivity contribution in [3.63, 3.8) is 0 Å². The molecule has 0 saturated heterocycles. The van der Waals surface area contributed by atoms with Crippen molar-refractivity contribution in [1.82, 2.24) is 4.72 Å². The summed E-state index contributed by atoms with van der Waals surface area (Å²) < 4.78 is 31.6. The average molecular weight is 272 g/mol. The molecule has 1 aromatic carbocycles. The fourth-order valence-electron chi connectivity index (χ4n) is 1.46. The first-order valence-electron chi connectivity index (χ1n) is 5.80. The summed E-state index contributed by atoms with van der Waals surface area (Å²) in [5.41, 5.74) is 6.89. The molecule has 0 aliphatic carbocycles. The Morgan fingerprint density at radius 2 is 2.06 bits per heavy atom. The largest absolute Gasteiger partial charge is 0.398 e. The Kier molecular flexibility index (Phi) is 5.13. The first-order valence-corrected chi connectivity index (χ1v) is 7.28. The van der Waals surface area contributed by atoms with Gasteiger partial charge in [-0.15, -0.1) is 0 Å². The van der Waals surface area contributed by atoms with E-state index in [0.717, 1.165) is 5.56 Å². The van der Waals surface area contributed by atoms with Gasteiger partial charge in [0, 0.05) is 6.54 Å². The molecule has 0 aliphatic heterocycles. The van der Waals surface area contributed by atoms with E-state index in [2.05, 4.69) is 4.72 Å². The van der Waals surface area contributed by atoms with Crippen LogP contribution in [0.1, 0.15) is 19.4 Å². The lowest BCUT2D eigenvalue weighted by atomic mass is 10.2. The van der Waals surface area contributed by atoms with Gasteiger partial charge in [0.15, 0.2) is 0 Å². The highest BCUT2D eigenvalue weighted by molar-refractivity contribution is 7.89. The Bertz CT molecular complexity index is 498. The summed E-state index contributed by atoms with van der Waals surface area (Å²) in [6.07, 6.45) is 0.0824. The molecule has 0 saturated carbocycles. The van der Waals surface area contributed by atoms with Crippen LogP contribution < -0.4 is 10.5 Å². The minimum Gasteiger partial charge on any atom is -0.398 e. The van der Waals surface area contributed by atoms with Crippen molar-refractivity contribution < 1.29 is 13.2 Å². The molecule has 0 atom stereocenters. The number of rotatable bonds is 6. The molecular weight excluding hydrogens is 252 g/mol. The second kappa shape index (κ2) is 6.17. The van der Waals surface area contributed by atoms with Gasteiger partial charge in [-0.25, -0.2) is 13.1 Å². The van der Waals surface area contributed by atoms with Crippen LogP contribution in [0.2, 0.25) is 0 Å². The van der Waals surface area contributed by atoms with Crippen LogP contribution >= 0.6 is 0 Å². The number of nitrogen functional groups attached to an aromatic ring is 1. The van der Waals surface area contributed by atoms with Gasteiger partial charge in [-0.3, -0.25) is 0 Å². The van der Waals surface area contributed by atoms with Gasteiger partial charge in [0.25, 0.3) is 0 Å². The molecule has 1 aromatic rings. The topological polar surface area (TPSA) is 81.4 Å². The van der Waals surface area contributed by atoms with Gasteiger partial charge < -0.3 is 10.5 Å². The Morgan fingerprint density at radius 3 is 2.61 bits per heavy atom. The van der Waals surface area contributed by atoms with E-state index in [-0.39, 0.29) is 23.2 Å². The smallest absolute Gasteiger partial charge is 0.242 e. The van der Waals surface area contributed by atoms with E-state index >= 15 is 0 Å². The summed E-state index contributed by atoms with van der Waals surface area (Å²) in [7, 11) is -3.56. The molecule has 0 fully saturated rings. The maximum Gasteiger partial charge on any atom is 0.242 e. The quantitative estimate of drug-likeness (QED) is 0.604. The van der Waals surface area contributed by atoms with Crippen LogP contribution in [0.25, 0.3) is 0 Å². The van der Waals surface area contributed by atoms with Crippen LogP contribution in [-0.2, 0) is 14.8 Å². The third kappa shape index (κ3) is 4.29. The van der Waals surface area contributed by atoms with Crippen molar-refractivity contribution in [2.75, 3.05) is 18.9 Å². The van der Waals surface area contributed by atoms with Crippen molar-refractivity contribution in [3.05, 3.63) is 23.8 Å². The van der Waals surface area contributed by atoms with Gasteiger partial charge in [0.05, 0.1) is 18.4 Å². The highest BCUT2D eigenvalue weighted by Crippen LogP contribution is 2.18. The van der Waals surface area contributed by atoms with Crippen molar-refractivity contribution >= 4 is 15.7 Å². The van der Waals surface area contributed by atoms with Crippen LogP contribution in [-0.4, -0.2) is 27.7 Å². The number of nitrogens with one attached hydrogen (secondary N) is 1. The summed E-state index contributed by atoms with van der Waals surface area (Å²) in [6.45, 7) is 6.21. The van der Waals surface area contributed by atoms with Crippen LogP contribution in [0.3, 0.4) is 0 Å². The lowest BCUT2D eigenvalue weighted by Gasteiger charge is -2.11. The number of aryl methyl sites for hydroxylation is 1. The van der Waals surface area contributed by atoms with Gasteiger partial charge in [-0.1, -0.05) is 6.07 Å². The van der Waals surface area contributed by atoms with Gasteiger partial charge in [-0.05, 0) is 38.5 Å². The minimum absolute atomic E-state index is 0.0824. The Labute approximate surface area is 108 Å². The number of sulfonamides is 1. The van der Waals surface area contributed by atoms with Crippen molar-refractivity contribution in [2.24, 2.45) is 0 Å². The average Bonchev–Trinajstić information content (AvgIpc) is 2.23. The van der Waals surface area contributed by atoms with E-state index in [1.165, 1.54) is 6.07 Å². The molecule has 0 bridgehead atoms. The molecule has 0 unspecified atom stereocenters. The predicted octanol–water partition coefficient (Wildman–Crippen LogP) is 1.28. The third-order valence-electron chi connectivity index (χ3n) is 2.30. The summed E-state index contributed by atoms with van der Waals surface area (Å²) in [5, 5.41) is 0. The van der Waals surface area contributed by atoms with Crippen LogP contribution in [0.4, 0.5) is 5.69 Å². The summed E-state index contributed by atoms with van der Waals surface area (Å²) in [5.74, 6) is 0. The molecule has 0 aliphatic rings. The number of hydrogen-bond acceptors (Lipinski definition) is 4. The first-order chi connectivity index (χ1) is 8.33. The second-order valence-corrected chi connectivity index (χ2v) is 6.09. The molecule has 6 heteroatoms. The number of ether oxygens (including phenoxy) is 1. The highest BCUT2D eigenvalue weighted by Gasteiger charge is 2.16. The number of nitrogens with two attached hydrogens (primary N) is 1. The lowest BCUT2D eigenvalue weighted by molar-refractivity contribution is 0.0834. The normalized spacial score (nSPS) is 12.0. The maximum atomic E-state index is 12.0. The molecule has 0 radical (unpaired) electrons. The molecular formula is C12H20N2O3S. The fourth-order valence-corrected chi connectivity index (χ4v) is 2.59. The molecule has 3 N–H and O–H groups in total. The molecule has 0 aromatic heterocycles. The summed E-state index contributed by atoms with van der Waals surface area (Å²) >= 11 is 0. The standard InChI is InChI=1S/C12H20N2O3S/c1-9(2)17-7-6-14-18(15,16)12-5-4-10(3)8-11(12)13/h4-5,8-9,14H,6-7,13H2,1-3H3. The van der Waals surface area contributed by atoms with Crippen molar-refractivity contribution in [1.29, 1.82) is 0 Å². The molecule has 18 heavy (non-hydrogen) atoms. The van der Waals surface area contributed by atoms with E-state index in [1.54, 1.807) is 12.1 Å². The molecule has 0 amide bonds. The van der Waals surface area contributed by atoms with Crippen LogP contribution in [0.15, 0.2) is 23.1 Å². The van der Waals surface area contributed by atoms with E-state index in [0.29, 0.717) is 6.61 Å². The van der Waals surface area contributed by atoms with Gasteiger partial charge in [-0.2, -0.15) is 0 Å². The van der Waals surface area contributed by atoms with Gasteiger partial charge in [0.1, 0.15) is 4.90 Å². The molecule has 0 spiro atoms. The monoisotopic (exact) mass is 272 g/mol. The van der Waals surface area contributed by atoms with Gasteiger partial charge >= 0.3 is 0 Å².